The molecule has 1 saturated heterocycles. The van der Waals surface area contributed by atoms with Crippen LogP contribution in [0.1, 0.15) is 21.5 Å². The van der Waals surface area contributed by atoms with E-state index in [1.807, 2.05) is 72.5 Å². The largest absolute Gasteiger partial charge is 0.496 e. The zero-order valence-electron chi connectivity index (χ0n) is 19.1. The number of hydrogen-bond donors (Lipinski definition) is 1. The molecule has 1 heterocycles. The number of nitrogens with zero attached hydrogens (tertiary/aromatic N) is 2. The third-order valence-corrected chi connectivity index (χ3v) is 6.08. The summed E-state index contributed by atoms with van der Waals surface area (Å²) in [4.78, 5) is 29.5. The van der Waals surface area contributed by atoms with Gasteiger partial charge >= 0.3 is 0 Å². The van der Waals surface area contributed by atoms with Crippen molar-refractivity contribution in [2.24, 2.45) is 0 Å². The quantitative estimate of drug-likeness (QED) is 0.622. The lowest BCUT2D eigenvalue weighted by Crippen LogP contribution is -2.49. The highest BCUT2D eigenvalue weighted by atomic mass is 16.5. The molecule has 0 bridgehead atoms. The molecule has 0 radical (unpaired) electrons. The summed E-state index contributed by atoms with van der Waals surface area (Å²) in [6, 6.07) is 23.0. The molecule has 1 aliphatic heterocycles. The maximum atomic E-state index is 12.7. The Labute approximate surface area is 194 Å². The number of para-hydroxylation sites is 1. The van der Waals surface area contributed by atoms with Gasteiger partial charge in [0.05, 0.1) is 19.1 Å². The highest BCUT2D eigenvalue weighted by Gasteiger charge is 2.22. The van der Waals surface area contributed by atoms with Crippen LogP contribution in [-0.2, 0) is 11.2 Å². The Balaban J connectivity index is 1.31. The molecule has 0 saturated carbocycles. The second-order valence-corrected chi connectivity index (χ2v) is 8.17. The van der Waals surface area contributed by atoms with E-state index in [9.17, 15) is 9.59 Å². The number of aryl methyl sites for hydroxylation is 1. The van der Waals surface area contributed by atoms with Gasteiger partial charge in [0, 0.05) is 37.6 Å². The van der Waals surface area contributed by atoms with Gasteiger partial charge in [0.2, 0.25) is 5.91 Å². The van der Waals surface area contributed by atoms with Gasteiger partial charge in [-0.2, -0.15) is 0 Å². The van der Waals surface area contributed by atoms with Crippen LogP contribution in [0.4, 0.5) is 11.4 Å². The molecular formula is C27H29N3O3. The van der Waals surface area contributed by atoms with Crippen LogP contribution in [0, 0.1) is 6.92 Å². The van der Waals surface area contributed by atoms with Gasteiger partial charge in [-0.25, -0.2) is 0 Å². The molecule has 6 nitrogen and oxygen atoms in total. The van der Waals surface area contributed by atoms with Gasteiger partial charge in [-0.1, -0.05) is 36.4 Å². The Hall–Kier alpha value is -3.80. The van der Waals surface area contributed by atoms with Crippen LogP contribution in [0.3, 0.4) is 0 Å². The minimum atomic E-state index is -0.207. The van der Waals surface area contributed by atoms with Crippen molar-refractivity contribution in [2.45, 2.75) is 13.3 Å². The van der Waals surface area contributed by atoms with Crippen LogP contribution >= 0.6 is 0 Å². The molecule has 3 aromatic rings. The maximum absolute atomic E-state index is 12.7. The molecule has 1 aliphatic rings. The summed E-state index contributed by atoms with van der Waals surface area (Å²) in [5.41, 5.74) is 4.55. The Morgan fingerprint density at radius 1 is 0.879 bits per heavy atom. The first-order valence-corrected chi connectivity index (χ1v) is 11.2. The molecule has 33 heavy (non-hydrogen) atoms. The Morgan fingerprint density at radius 3 is 2.24 bits per heavy atom. The summed E-state index contributed by atoms with van der Waals surface area (Å²) >= 11 is 0. The molecule has 4 rings (SSSR count). The fraction of sp³-hybridized carbons (Fsp3) is 0.259. The van der Waals surface area contributed by atoms with Crippen LogP contribution in [0.25, 0.3) is 0 Å². The van der Waals surface area contributed by atoms with Crippen molar-refractivity contribution < 1.29 is 14.3 Å². The van der Waals surface area contributed by atoms with Crippen LogP contribution in [0.5, 0.6) is 5.75 Å². The SMILES string of the molecule is COc1ccccc1C(=O)Nc1ccc(N2CCN(C(=O)Cc3ccccc3C)CC2)cc1. The number of piperazine rings is 1. The van der Waals surface area contributed by atoms with E-state index in [2.05, 4.69) is 10.2 Å². The van der Waals surface area contributed by atoms with Crippen LogP contribution in [-0.4, -0.2) is 50.0 Å². The van der Waals surface area contributed by atoms with Gasteiger partial charge in [0.15, 0.2) is 0 Å². The fourth-order valence-electron chi connectivity index (χ4n) is 4.08. The number of rotatable bonds is 6. The number of carbonyl (C=O) groups is 2. The first kappa shape index (κ1) is 22.4. The van der Waals surface area contributed by atoms with Crippen molar-refractivity contribution >= 4 is 23.2 Å². The van der Waals surface area contributed by atoms with E-state index < -0.39 is 0 Å². The lowest BCUT2D eigenvalue weighted by Gasteiger charge is -2.36. The Bertz CT molecular complexity index is 1120. The number of methoxy groups -OCH3 is 1. The van der Waals surface area contributed by atoms with Crippen molar-refractivity contribution in [1.29, 1.82) is 0 Å². The van der Waals surface area contributed by atoms with Gasteiger partial charge in [0.25, 0.3) is 5.91 Å². The highest BCUT2D eigenvalue weighted by Crippen LogP contribution is 2.22. The van der Waals surface area contributed by atoms with E-state index in [0.717, 1.165) is 35.6 Å². The third kappa shape index (κ3) is 5.34. The summed E-state index contributed by atoms with van der Waals surface area (Å²) in [7, 11) is 1.55. The number of benzene rings is 3. The van der Waals surface area contributed by atoms with Crippen molar-refractivity contribution in [3.05, 3.63) is 89.5 Å². The van der Waals surface area contributed by atoms with Gasteiger partial charge < -0.3 is 19.9 Å². The topological polar surface area (TPSA) is 61.9 Å². The van der Waals surface area contributed by atoms with Crippen LogP contribution in [0.2, 0.25) is 0 Å². The van der Waals surface area contributed by atoms with E-state index in [1.54, 1.807) is 19.2 Å². The predicted molar refractivity (Wildman–Crippen MR) is 131 cm³/mol. The Morgan fingerprint density at radius 2 is 1.55 bits per heavy atom. The molecule has 0 spiro atoms. The minimum Gasteiger partial charge on any atom is -0.496 e. The Kier molecular flexibility index (Phi) is 6.93. The molecule has 1 N–H and O–H groups in total. The normalized spacial score (nSPS) is 13.5. The second-order valence-electron chi connectivity index (χ2n) is 8.17. The van der Waals surface area contributed by atoms with E-state index in [1.165, 1.54) is 0 Å². The number of carbonyl (C=O) groups excluding carboxylic acids is 2. The first-order chi connectivity index (χ1) is 16.0. The molecule has 2 amide bonds. The number of hydrogen-bond acceptors (Lipinski definition) is 4. The van der Waals surface area contributed by atoms with E-state index in [0.29, 0.717) is 30.8 Å². The first-order valence-electron chi connectivity index (χ1n) is 11.2. The molecule has 170 valence electrons. The van der Waals surface area contributed by atoms with Crippen LogP contribution < -0.4 is 15.0 Å². The number of amides is 2. The number of nitrogens with one attached hydrogen (secondary N) is 1. The van der Waals surface area contributed by atoms with E-state index in [4.69, 9.17) is 4.74 Å². The highest BCUT2D eigenvalue weighted by molar-refractivity contribution is 6.06. The summed E-state index contributed by atoms with van der Waals surface area (Å²) < 4.78 is 5.27. The number of anilines is 2. The fourth-order valence-corrected chi connectivity index (χ4v) is 4.08. The summed E-state index contributed by atoms with van der Waals surface area (Å²) in [5.74, 6) is 0.515. The lowest BCUT2D eigenvalue weighted by atomic mass is 10.1. The molecular weight excluding hydrogens is 414 g/mol. The van der Waals surface area contributed by atoms with Crippen molar-refractivity contribution in [3.8, 4) is 5.75 Å². The summed E-state index contributed by atoms with van der Waals surface area (Å²) in [6.45, 7) is 5.02. The summed E-state index contributed by atoms with van der Waals surface area (Å²) in [6.07, 6.45) is 0.452. The standard InChI is InChI=1S/C27H29N3O3/c1-20-7-3-4-8-21(20)19-26(31)30-17-15-29(16-18-30)23-13-11-22(12-14-23)28-27(32)24-9-5-6-10-25(24)33-2/h3-14H,15-19H2,1-2H3,(H,28,32). The number of ether oxygens (including phenoxy) is 1. The maximum Gasteiger partial charge on any atom is 0.259 e. The lowest BCUT2D eigenvalue weighted by molar-refractivity contribution is -0.130. The van der Waals surface area contributed by atoms with Gasteiger partial charge in [-0.3, -0.25) is 9.59 Å². The van der Waals surface area contributed by atoms with Gasteiger partial charge in [-0.15, -0.1) is 0 Å². The molecule has 0 aromatic heterocycles. The average molecular weight is 444 g/mol. The van der Waals surface area contributed by atoms with Crippen LogP contribution in [0.15, 0.2) is 72.8 Å². The van der Waals surface area contributed by atoms with Gasteiger partial charge in [0.1, 0.15) is 5.75 Å². The minimum absolute atomic E-state index is 0.179. The second kappa shape index (κ2) is 10.2. The molecule has 1 fully saturated rings. The molecule has 3 aromatic carbocycles. The monoisotopic (exact) mass is 443 g/mol. The zero-order valence-corrected chi connectivity index (χ0v) is 19.1. The third-order valence-electron chi connectivity index (χ3n) is 6.08. The van der Waals surface area contributed by atoms with E-state index in [-0.39, 0.29) is 11.8 Å². The molecule has 6 heteroatoms. The molecule has 0 aliphatic carbocycles. The van der Waals surface area contributed by atoms with Crippen molar-refractivity contribution in [2.75, 3.05) is 43.5 Å². The van der Waals surface area contributed by atoms with E-state index >= 15 is 0 Å². The predicted octanol–water partition coefficient (Wildman–Crippen LogP) is 4.15. The van der Waals surface area contributed by atoms with Gasteiger partial charge in [-0.05, 0) is 54.4 Å². The smallest absolute Gasteiger partial charge is 0.259 e. The van der Waals surface area contributed by atoms with Crippen molar-refractivity contribution in [1.82, 2.24) is 4.90 Å². The zero-order chi connectivity index (χ0) is 23.2. The van der Waals surface area contributed by atoms with Crippen molar-refractivity contribution in [3.63, 3.8) is 0 Å². The summed E-state index contributed by atoms with van der Waals surface area (Å²) in [5, 5.41) is 2.92. The molecule has 0 atom stereocenters. The average Bonchev–Trinajstić information content (AvgIpc) is 2.86. The molecule has 0 unspecified atom stereocenters.